The Kier molecular flexibility index (Phi) is 5.23. The molecule has 1 atom stereocenters. The van der Waals surface area contributed by atoms with E-state index in [-0.39, 0.29) is 18.0 Å². The summed E-state index contributed by atoms with van der Waals surface area (Å²) in [5.74, 6) is 0.254. The molecule has 0 saturated carbocycles. The van der Waals surface area contributed by atoms with Crippen molar-refractivity contribution < 1.29 is 9.59 Å². The van der Waals surface area contributed by atoms with Crippen LogP contribution in [0.15, 0.2) is 0 Å². The van der Waals surface area contributed by atoms with E-state index in [4.69, 9.17) is 0 Å². The third-order valence-corrected chi connectivity index (χ3v) is 4.14. The molecule has 2 rings (SSSR count). The lowest BCUT2D eigenvalue weighted by atomic mass is 10.2. The molecule has 0 aliphatic carbocycles. The molecule has 0 spiro atoms. The lowest BCUT2D eigenvalue weighted by Gasteiger charge is -2.38. The van der Waals surface area contributed by atoms with Crippen LogP contribution in [0.5, 0.6) is 0 Å². The minimum Gasteiger partial charge on any atom is -0.343 e. The predicted molar refractivity (Wildman–Crippen MR) is 77.5 cm³/mol. The molecule has 1 N–H and O–H groups in total. The van der Waals surface area contributed by atoms with Gasteiger partial charge in [-0.1, -0.05) is 0 Å². The zero-order chi connectivity index (χ0) is 14.5. The third-order valence-electron chi connectivity index (χ3n) is 4.14. The van der Waals surface area contributed by atoms with Crippen molar-refractivity contribution in [2.24, 2.45) is 0 Å². The average molecular weight is 282 g/mol. The highest BCUT2D eigenvalue weighted by atomic mass is 16.2. The fourth-order valence-corrected chi connectivity index (χ4v) is 2.95. The number of likely N-dealkylation sites (N-methyl/N-ethyl adjacent to an activating group) is 1. The van der Waals surface area contributed by atoms with Crippen LogP contribution in [0.2, 0.25) is 0 Å². The Balaban J connectivity index is 1.63. The first kappa shape index (κ1) is 15.1. The normalized spacial score (nSPS) is 24.3. The molecule has 0 aromatic heterocycles. The maximum atomic E-state index is 12.1. The quantitative estimate of drug-likeness (QED) is 0.757. The molecule has 0 unspecified atom stereocenters. The number of likely N-dealkylation sites (tertiary alicyclic amines) is 1. The smallest absolute Gasteiger partial charge is 0.317 e. The lowest BCUT2D eigenvalue weighted by Crippen LogP contribution is -2.55. The van der Waals surface area contributed by atoms with E-state index in [1.54, 1.807) is 0 Å². The summed E-state index contributed by atoms with van der Waals surface area (Å²) in [5, 5.41) is 2.97. The van der Waals surface area contributed by atoms with Gasteiger partial charge in [0.1, 0.15) is 0 Å². The highest BCUT2D eigenvalue weighted by Gasteiger charge is 2.25. The van der Waals surface area contributed by atoms with Crippen molar-refractivity contribution in [2.75, 3.05) is 46.3 Å². The number of nitrogens with zero attached hydrogens (tertiary/aromatic N) is 3. The fraction of sp³-hybridized carbons (Fsp3) is 0.857. The van der Waals surface area contributed by atoms with Crippen LogP contribution in [0.25, 0.3) is 0 Å². The van der Waals surface area contributed by atoms with E-state index >= 15 is 0 Å². The van der Waals surface area contributed by atoms with E-state index in [0.29, 0.717) is 13.0 Å². The molecule has 114 valence electrons. The van der Waals surface area contributed by atoms with Crippen molar-refractivity contribution in [1.82, 2.24) is 20.0 Å². The molecule has 3 amide bonds. The van der Waals surface area contributed by atoms with Crippen molar-refractivity contribution in [1.29, 1.82) is 0 Å². The number of nitrogens with one attached hydrogen (secondary N) is 1. The zero-order valence-corrected chi connectivity index (χ0v) is 12.6. The Hall–Kier alpha value is -1.30. The van der Waals surface area contributed by atoms with Crippen LogP contribution in [0.1, 0.15) is 26.2 Å². The van der Waals surface area contributed by atoms with E-state index in [1.165, 1.54) is 0 Å². The summed E-state index contributed by atoms with van der Waals surface area (Å²) in [6, 6.07) is 0.284. The summed E-state index contributed by atoms with van der Waals surface area (Å²) in [6.07, 6.45) is 2.49. The van der Waals surface area contributed by atoms with Gasteiger partial charge < -0.3 is 20.0 Å². The number of piperazine rings is 1. The second-order valence-electron chi connectivity index (χ2n) is 5.87. The number of carbonyl (C=O) groups is 2. The first-order chi connectivity index (χ1) is 9.58. The SMILES string of the molecule is C[C@@H]1CN(C)CCN1C(=O)NCCCN1CCCC1=O. The summed E-state index contributed by atoms with van der Waals surface area (Å²) in [5.41, 5.74) is 0. The molecule has 2 aliphatic rings. The van der Waals surface area contributed by atoms with Gasteiger partial charge in [-0.05, 0) is 26.8 Å². The van der Waals surface area contributed by atoms with Crippen LogP contribution in [-0.4, -0.2) is 79.0 Å². The number of amides is 3. The Bertz CT molecular complexity index is 361. The number of hydrogen-bond donors (Lipinski definition) is 1. The average Bonchev–Trinajstić information content (AvgIpc) is 2.80. The van der Waals surface area contributed by atoms with Gasteiger partial charge in [0.2, 0.25) is 5.91 Å². The van der Waals surface area contributed by atoms with Gasteiger partial charge >= 0.3 is 6.03 Å². The molecule has 2 aliphatic heterocycles. The molecule has 2 heterocycles. The van der Waals surface area contributed by atoms with Crippen LogP contribution in [-0.2, 0) is 4.79 Å². The van der Waals surface area contributed by atoms with Crippen molar-refractivity contribution in [3.8, 4) is 0 Å². The molecule has 6 nitrogen and oxygen atoms in total. The van der Waals surface area contributed by atoms with Gasteiger partial charge in [0.25, 0.3) is 0 Å². The molecular weight excluding hydrogens is 256 g/mol. The number of urea groups is 1. The maximum Gasteiger partial charge on any atom is 0.317 e. The first-order valence-corrected chi connectivity index (χ1v) is 7.58. The van der Waals surface area contributed by atoms with Crippen LogP contribution in [0, 0.1) is 0 Å². The van der Waals surface area contributed by atoms with E-state index in [0.717, 1.165) is 45.6 Å². The maximum absolute atomic E-state index is 12.1. The van der Waals surface area contributed by atoms with Crippen molar-refractivity contribution in [3.63, 3.8) is 0 Å². The molecule has 2 saturated heterocycles. The first-order valence-electron chi connectivity index (χ1n) is 7.58. The van der Waals surface area contributed by atoms with Gasteiger partial charge in [0.05, 0.1) is 0 Å². The molecule has 20 heavy (non-hydrogen) atoms. The number of hydrogen-bond acceptors (Lipinski definition) is 3. The molecule has 0 aromatic carbocycles. The number of carbonyl (C=O) groups excluding carboxylic acids is 2. The van der Waals surface area contributed by atoms with E-state index in [1.807, 2.05) is 9.80 Å². The van der Waals surface area contributed by atoms with E-state index in [2.05, 4.69) is 24.2 Å². The third kappa shape index (κ3) is 3.85. The van der Waals surface area contributed by atoms with E-state index < -0.39 is 0 Å². The minimum absolute atomic E-state index is 0.0262. The van der Waals surface area contributed by atoms with Gasteiger partial charge in [-0.3, -0.25) is 4.79 Å². The topological polar surface area (TPSA) is 55.9 Å². The zero-order valence-electron chi connectivity index (χ0n) is 12.6. The Labute approximate surface area is 121 Å². The van der Waals surface area contributed by atoms with Crippen molar-refractivity contribution in [3.05, 3.63) is 0 Å². The van der Waals surface area contributed by atoms with Crippen molar-refractivity contribution in [2.45, 2.75) is 32.2 Å². The van der Waals surface area contributed by atoms with Crippen LogP contribution < -0.4 is 5.32 Å². The molecular formula is C14H26N4O2. The monoisotopic (exact) mass is 282 g/mol. The molecule has 2 fully saturated rings. The van der Waals surface area contributed by atoms with Crippen molar-refractivity contribution >= 4 is 11.9 Å². The molecule has 0 bridgehead atoms. The second-order valence-corrected chi connectivity index (χ2v) is 5.87. The standard InChI is InChI=1S/C14H26N4O2/c1-12-11-16(2)9-10-18(12)14(20)15-6-4-8-17-7-3-5-13(17)19/h12H,3-11H2,1-2H3,(H,15,20)/t12-/m1/s1. The highest BCUT2D eigenvalue weighted by molar-refractivity contribution is 5.78. The fourth-order valence-electron chi connectivity index (χ4n) is 2.95. The molecule has 6 heteroatoms. The van der Waals surface area contributed by atoms with Gasteiger partial charge in [-0.25, -0.2) is 4.79 Å². The summed E-state index contributed by atoms with van der Waals surface area (Å²) in [4.78, 5) is 29.6. The highest BCUT2D eigenvalue weighted by Crippen LogP contribution is 2.10. The van der Waals surface area contributed by atoms with Gasteiger partial charge in [0.15, 0.2) is 0 Å². The van der Waals surface area contributed by atoms with E-state index in [9.17, 15) is 9.59 Å². The molecule has 0 radical (unpaired) electrons. The van der Waals surface area contributed by atoms with Crippen LogP contribution in [0.3, 0.4) is 0 Å². The number of rotatable bonds is 4. The minimum atomic E-state index is 0.0262. The van der Waals surface area contributed by atoms with Crippen LogP contribution >= 0.6 is 0 Å². The lowest BCUT2D eigenvalue weighted by molar-refractivity contribution is -0.127. The summed E-state index contributed by atoms with van der Waals surface area (Å²) >= 11 is 0. The van der Waals surface area contributed by atoms with Gasteiger partial charge in [-0.15, -0.1) is 0 Å². The van der Waals surface area contributed by atoms with Gasteiger partial charge in [0, 0.05) is 51.7 Å². The summed E-state index contributed by atoms with van der Waals surface area (Å²) < 4.78 is 0. The second kappa shape index (κ2) is 6.92. The predicted octanol–water partition coefficient (Wildman–Crippen LogP) is 0.344. The van der Waals surface area contributed by atoms with Crippen LogP contribution in [0.4, 0.5) is 4.79 Å². The van der Waals surface area contributed by atoms with Gasteiger partial charge in [-0.2, -0.15) is 0 Å². The Morgan fingerprint density at radius 3 is 2.80 bits per heavy atom. The Morgan fingerprint density at radius 2 is 2.15 bits per heavy atom. The summed E-state index contributed by atoms with van der Waals surface area (Å²) in [7, 11) is 2.08. The summed E-state index contributed by atoms with van der Waals surface area (Å²) in [6.45, 7) is 7.00. The Morgan fingerprint density at radius 1 is 1.35 bits per heavy atom. The largest absolute Gasteiger partial charge is 0.343 e. The molecule has 0 aromatic rings.